The molecule has 2 atom stereocenters. The second-order valence-corrected chi connectivity index (χ2v) is 8.44. The van der Waals surface area contributed by atoms with Crippen LogP contribution in [0.25, 0.3) is 11.3 Å². The molecule has 1 aromatic heterocycles. The number of rotatable bonds is 3. The Morgan fingerprint density at radius 1 is 1.33 bits per heavy atom. The van der Waals surface area contributed by atoms with Gasteiger partial charge in [0.05, 0.1) is 11.1 Å². The van der Waals surface area contributed by atoms with Crippen molar-refractivity contribution in [3.05, 3.63) is 47.9 Å². The zero-order valence-electron chi connectivity index (χ0n) is 14.1. The summed E-state index contributed by atoms with van der Waals surface area (Å²) in [4.78, 5) is 17.6. The first kappa shape index (κ1) is 15.6. The molecule has 1 heterocycles. The molecule has 2 fully saturated rings. The molecule has 0 radical (unpaired) electrons. The highest BCUT2D eigenvalue weighted by Crippen LogP contribution is 2.65. The molecule has 124 valence electrons. The molecule has 1 N–H and O–H groups in total. The largest absolute Gasteiger partial charge is 0.301 e. The standard InChI is InChI=1S/C20H22N2OS/c1-13-19(2,3)15-9-10-20(13,11-15)17(23)22-18-21-16(12-24-18)14-7-5-4-6-8-14/h4-8,12,15H,1,9-11H2,2-3H3,(H,21,22,23). The molecule has 2 aliphatic rings. The number of amides is 1. The average molecular weight is 338 g/mol. The third-order valence-corrected chi connectivity index (χ3v) is 6.88. The third kappa shape index (κ3) is 2.16. The van der Waals surface area contributed by atoms with Crippen LogP contribution in [-0.4, -0.2) is 10.9 Å². The monoisotopic (exact) mass is 338 g/mol. The minimum atomic E-state index is -0.396. The Balaban J connectivity index is 1.56. The molecule has 2 aliphatic carbocycles. The van der Waals surface area contributed by atoms with E-state index in [0.29, 0.717) is 11.0 Å². The van der Waals surface area contributed by atoms with Crippen LogP contribution in [0.3, 0.4) is 0 Å². The number of aromatic nitrogens is 1. The zero-order valence-corrected chi connectivity index (χ0v) is 15.0. The maximum absolute atomic E-state index is 13.0. The van der Waals surface area contributed by atoms with Crippen molar-refractivity contribution in [1.29, 1.82) is 0 Å². The first-order chi connectivity index (χ1) is 11.4. The molecule has 2 aromatic rings. The quantitative estimate of drug-likeness (QED) is 0.788. The van der Waals surface area contributed by atoms with E-state index in [1.165, 1.54) is 11.3 Å². The van der Waals surface area contributed by atoms with E-state index < -0.39 is 5.41 Å². The Morgan fingerprint density at radius 3 is 2.75 bits per heavy atom. The van der Waals surface area contributed by atoms with E-state index in [1.54, 1.807) is 0 Å². The van der Waals surface area contributed by atoms with Crippen LogP contribution in [0.15, 0.2) is 47.9 Å². The maximum Gasteiger partial charge on any atom is 0.236 e. The SMILES string of the molecule is C=C1C2(C(=O)Nc3nc(-c4ccccc4)cs3)CCC(C2)C1(C)C. The summed E-state index contributed by atoms with van der Waals surface area (Å²) in [5, 5.41) is 5.74. The Kier molecular flexibility index (Phi) is 3.43. The smallest absolute Gasteiger partial charge is 0.236 e. The number of fused-ring (bicyclic) bond motifs is 2. The molecular formula is C20H22N2OS. The number of carbonyl (C=O) groups excluding carboxylic acids is 1. The molecule has 4 rings (SSSR count). The van der Waals surface area contributed by atoms with Crippen LogP contribution in [0.5, 0.6) is 0 Å². The fourth-order valence-corrected chi connectivity index (χ4v) is 5.15. The molecule has 1 amide bonds. The summed E-state index contributed by atoms with van der Waals surface area (Å²) >= 11 is 1.48. The van der Waals surface area contributed by atoms with Crippen molar-refractivity contribution in [2.24, 2.45) is 16.7 Å². The van der Waals surface area contributed by atoms with Crippen LogP contribution in [0, 0.1) is 16.7 Å². The first-order valence-corrected chi connectivity index (χ1v) is 9.34. The van der Waals surface area contributed by atoms with E-state index in [4.69, 9.17) is 0 Å². The van der Waals surface area contributed by atoms with Gasteiger partial charge in [-0.05, 0) is 30.6 Å². The average Bonchev–Trinajstić information content (AvgIpc) is 3.26. The number of nitrogens with one attached hydrogen (secondary N) is 1. The van der Waals surface area contributed by atoms with Crippen molar-refractivity contribution < 1.29 is 4.79 Å². The molecule has 0 saturated heterocycles. The van der Waals surface area contributed by atoms with Gasteiger partial charge in [0.25, 0.3) is 0 Å². The van der Waals surface area contributed by atoms with Gasteiger partial charge in [-0.25, -0.2) is 4.98 Å². The molecule has 0 spiro atoms. The Bertz CT molecular complexity index is 808. The molecule has 4 heteroatoms. The predicted molar refractivity (Wildman–Crippen MR) is 98.9 cm³/mol. The van der Waals surface area contributed by atoms with Gasteiger partial charge in [-0.3, -0.25) is 4.79 Å². The van der Waals surface area contributed by atoms with Crippen molar-refractivity contribution in [3.63, 3.8) is 0 Å². The lowest BCUT2D eigenvalue weighted by Gasteiger charge is -2.36. The second kappa shape index (κ2) is 5.28. The fourth-order valence-electron chi connectivity index (χ4n) is 4.43. The number of nitrogens with zero attached hydrogens (tertiary/aromatic N) is 1. The van der Waals surface area contributed by atoms with Crippen LogP contribution in [0.4, 0.5) is 5.13 Å². The fraction of sp³-hybridized carbons (Fsp3) is 0.400. The Labute approximate surface area is 146 Å². The highest BCUT2D eigenvalue weighted by Gasteiger charge is 2.60. The number of hydrogen-bond donors (Lipinski definition) is 1. The normalized spacial score (nSPS) is 27.4. The van der Waals surface area contributed by atoms with Crippen molar-refractivity contribution in [1.82, 2.24) is 4.98 Å². The van der Waals surface area contributed by atoms with Gasteiger partial charge in [0.1, 0.15) is 0 Å². The van der Waals surface area contributed by atoms with Crippen LogP contribution in [0.2, 0.25) is 0 Å². The number of anilines is 1. The number of benzene rings is 1. The lowest BCUT2D eigenvalue weighted by Crippen LogP contribution is -2.37. The predicted octanol–water partition coefficient (Wildman–Crippen LogP) is 5.13. The van der Waals surface area contributed by atoms with Crippen molar-refractivity contribution in [2.75, 3.05) is 5.32 Å². The molecule has 24 heavy (non-hydrogen) atoms. The van der Waals surface area contributed by atoms with Crippen LogP contribution >= 0.6 is 11.3 Å². The van der Waals surface area contributed by atoms with Gasteiger partial charge >= 0.3 is 0 Å². The van der Waals surface area contributed by atoms with Gasteiger partial charge in [-0.1, -0.05) is 56.3 Å². The van der Waals surface area contributed by atoms with Gasteiger partial charge in [0, 0.05) is 10.9 Å². The van der Waals surface area contributed by atoms with Crippen LogP contribution in [0.1, 0.15) is 33.1 Å². The summed E-state index contributed by atoms with van der Waals surface area (Å²) in [6.07, 6.45) is 2.97. The summed E-state index contributed by atoms with van der Waals surface area (Å²) in [5.74, 6) is 0.654. The van der Waals surface area contributed by atoms with E-state index in [9.17, 15) is 4.79 Å². The van der Waals surface area contributed by atoms with E-state index >= 15 is 0 Å². The zero-order chi connectivity index (χ0) is 16.9. The number of thiazole rings is 1. The van der Waals surface area contributed by atoms with Gasteiger partial charge < -0.3 is 5.32 Å². The van der Waals surface area contributed by atoms with E-state index in [1.807, 2.05) is 35.7 Å². The lowest BCUT2D eigenvalue weighted by atomic mass is 9.68. The van der Waals surface area contributed by atoms with Crippen LogP contribution < -0.4 is 5.32 Å². The number of hydrogen-bond acceptors (Lipinski definition) is 3. The summed E-state index contributed by atoms with van der Waals surface area (Å²) < 4.78 is 0. The van der Waals surface area contributed by atoms with E-state index in [2.05, 4.69) is 30.7 Å². The highest BCUT2D eigenvalue weighted by molar-refractivity contribution is 7.14. The molecule has 1 aromatic carbocycles. The first-order valence-electron chi connectivity index (χ1n) is 8.46. The van der Waals surface area contributed by atoms with Crippen molar-refractivity contribution in [3.8, 4) is 11.3 Å². The third-order valence-electron chi connectivity index (χ3n) is 6.12. The highest BCUT2D eigenvalue weighted by atomic mass is 32.1. The summed E-state index contributed by atoms with van der Waals surface area (Å²) in [6, 6.07) is 10.0. The van der Waals surface area contributed by atoms with Gasteiger partial charge in [0.2, 0.25) is 5.91 Å². The second-order valence-electron chi connectivity index (χ2n) is 7.58. The molecule has 0 aliphatic heterocycles. The Morgan fingerprint density at radius 2 is 2.08 bits per heavy atom. The van der Waals surface area contributed by atoms with E-state index in [0.717, 1.165) is 36.1 Å². The van der Waals surface area contributed by atoms with Crippen LogP contribution in [-0.2, 0) is 4.79 Å². The molecule has 2 saturated carbocycles. The number of carbonyl (C=O) groups is 1. The molecule has 2 unspecified atom stereocenters. The van der Waals surface area contributed by atoms with Gasteiger partial charge in [-0.15, -0.1) is 11.3 Å². The van der Waals surface area contributed by atoms with Crippen molar-refractivity contribution >= 4 is 22.4 Å². The molecule has 2 bridgehead atoms. The van der Waals surface area contributed by atoms with Gasteiger partial charge in [0.15, 0.2) is 5.13 Å². The maximum atomic E-state index is 13.0. The summed E-state index contributed by atoms with van der Waals surface area (Å²) in [6.45, 7) is 8.75. The topological polar surface area (TPSA) is 42.0 Å². The summed E-state index contributed by atoms with van der Waals surface area (Å²) in [7, 11) is 0. The minimum Gasteiger partial charge on any atom is -0.301 e. The molecule has 3 nitrogen and oxygen atoms in total. The lowest BCUT2D eigenvalue weighted by molar-refractivity contribution is -0.123. The Hall–Kier alpha value is -1.94. The van der Waals surface area contributed by atoms with Gasteiger partial charge in [-0.2, -0.15) is 0 Å². The van der Waals surface area contributed by atoms with Crippen molar-refractivity contribution in [2.45, 2.75) is 33.1 Å². The minimum absolute atomic E-state index is 0.0632. The summed E-state index contributed by atoms with van der Waals surface area (Å²) in [5.41, 5.74) is 2.74. The van der Waals surface area contributed by atoms with E-state index in [-0.39, 0.29) is 11.3 Å². The molecular weight excluding hydrogens is 316 g/mol.